The first kappa shape index (κ1) is 22.0. The lowest BCUT2D eigenvalue weighted by Crippen LogP contribution is -2.48. The van der Waals surface area contributed by atoms with E-state index in [1.165, 1.54) is 5.56 Å². The van der Waals surface area contributed by atoms with E-state index in [-0.39, 0.29) is 17.4 Å². The number of rotatable bonds is 7. The minimum Gasteiger partial charge on any atom is -0.493 e. The van der Waals surface area contributed by atoms with Crippen molar-refractivity contribution in [1.29, 1.82) is 0 Å². The fraction of sp³-hybridized carbons (Fsp3) is 0.125. The van der Waals surface area contributed by atoms with Crippen LogP contribution in [-0.4, -0.2) is 23.5 Å². The van der Waals surface area contributed by atoms with Gasteiger partial charge in [0.05, 0.1) is 13.0 Å². The van der Waals surface area contributed by atoms with Crippen molar-refractivity contribution in [3.8, 4) is 5.75 Å². The summed E-state index contributed by atoms with van der Waals surface area (Å²) >= 11 is 5.08. The highest BCUT2D eigenvalue weighted by Gasteiger charge is 2.10. The molecule has 31 heavy (non-hydrogen) atoms. The summed E-state index contributed by atoms with van der Waals surface area (Å²) in [5.74, 6) is -0.0708. The van der Waals surface area contributed by atoms with Crippen LogP contribution in [-0.2, 0) is 17.6 Å². The number of thiocarbonyl (C=S) groups is 1. The molecule has 7 heteroatoms. The fourth-order valence-electron chi connectivity index (χ4n) is 2.82. The Hall–Kier alpha value is -3.71. The third-order valence-corrected chi connectivity index (χ3v) is 4.55. The van der Waals surface area contributed by atoms with Crippen LogP contribution < -0.4 is 20.9 Å². The molecule has 0 aliphatic rings. The third kappa shape index (κ3) is 7.56. The van der Waals surface area contributed by atoms with Gasteiger partial charge < -0.3 is 4.74 Å². The highest BCUT2D eigenvalue weighted by molar-refractivity contribution is 7.80. The van der Waals surface area contributed by atoms with Gasteiger partial charge in [-0.2, -0.15) is 0 Å². The van der Waals surface area contributed by atoms with Crippen LogP contribution in [0.4, 0.5) is 0 Å². The van der Waals surface area contributed by atoms with Gasteiger partial charge in [-0.15, -0.1) is 0 Å². The lowest BCUT2D eigenvalue weighted by Gasteiger charge is -2.12. The third-order valence-electron chi connectivity index (χ3n) is 4.35. The van der Waals surface area contributed by atoms with Gasteiger partial charge in [-0.25, -0.2) is 0 Å². The van der Waals surface area contributed by atoms with Crippen LogP contribution in [0.5, 0.6) is 5.75 Å². The van der Waals surface area contributed by atoms with Gasteiger partial charge in [-0.1, -0.05) is 66.7 Å². The summed E-state index contributed by atoms with van der Waals surface area (Å²) in [6.07, 6.45) is 0.973. The molecule has 3 aromatic carbocycles. The molecule has 6 nitrogen and oxygen atoms in total. The second-order valence-electron chi connectivity index (χ2n) is 6.73. The maximum Gasteiger partial charge on any atom is 0.257 e. The lowest BCUT2D eigenvalue weighted by molar-refractivity contribution is -0.121. The smallest absolute Gasteiger partial charge is 0.257 e. The van der Waals surface area contributed by atoms with E-state index in [9.17, 15) is 9.59 Å². The molecule has 0 bridgehead atoms. The molecule has 2 amide bonds. The number of hydrogen-bond donors (Lipinski definition) is 3. The van der Waals surface area contributed by atoms with Crippen molar-refractivity contribution < 1.29 is 14.3 Å². The van der Waals surface area contributed by atoms with Gasteiger partial charge in [0.25, 0.3) is 5.91 Å². The summed E-state index contributed by atoms with van der Waals surface area (Å²) in [6, 6.07) is 26.2. The first-order valence-corrected chi connectivity index (χ1v) is 10.2. The van der Waals surface area contributed by atoms with Crippen molar-refractivity contribution in [2.45, 2.75) is 12.8 Å². The number of hydrogen-bond acceptors (Lipinski definition) is 4. The van der Waals surface area contributed by atoms with E-state index >= 15 is 0 Å². The molecule has 3 N–H and O–H groups in total. The zero-order chi connectivity index (χ0) is 21.9. The maximum absolute atomic E-state index is 12.4. The van der Waals surface area contributed by atoms with Crippen LogP contribution in [0.3, 0.4) is 0 Å². The average molecular weight is 434 g/mol. The summed E-state index contributed by atoms with van der Waals surface area (Å²) in [5, 5.41) is 2.54. The largest absolute Gasteiger partial charge is 0.493 e. The Morgan fingerprint density at radius 3 is 2.19 bits per heavy atom. The second kappa shape index (κ2) is 11.5. The van der Waals surface area contributed by atoms with E-state index < -0.39 is 5.91 Å². The Morgan fingerprint density at radius 1 is 0.806 bits per heavy atom. The molecule has 0 saturated carbocycles. The lowest BCUT2D eigenvalue weighted by atomic mass is 10.1. The first-order valence-electron chi connectivity index (χ1n) is 9.81. The number of nitrogens with one attached hydrogen (secondary N) is 3. The Morgan fingerprint density at radius 2 is 1.48 bits per heavy atom. The molecular weight excluding hydrogens is 410 g/mol. The zero-order valence-corrected chi connectivity index (χ0v) is 17.7. The minimum absolute atomic E-state index is 0.00168. The number of carbonyl (C=O) groups is 2. The van der Waals surface area contributed by atoms with Crippen molar-refractivity contribution >= 4 is 29.1 Å². The van der Waals surface area contributed by atoms with E-state index in [4.69, 9.17) is 17.0 Å². The molecule has 3 aromatic rings. The molecule has 0 heterocycles. The molecule has 0 atom stereocenters. The number of amides is 2. The summed E-state index contributed by atoms with van der Waals surface area (Å²) < 4.78 is 5.76. The number of carbonyl (C=O) groups excluding carboxylic acids is 2. The van der Waals surface area contributed by atoms with Crippen LogP contribution in [0.2, 0.25) is 0 Å². The monoisotopic (exact) mass is 433 g/mol. The summed E-state index contributed by atoms with van der Waals surface area (Å²) in [7, 11) is 0. The molecule has 0 aliphatic heterocycles. The molecule has 0 aliphatic carbocycles. The molecular formula is C24H23N3O3S. The summed E-state index contributed by atoms with van der Waals surface area (Å²) in [4.78, 5) is 24.4. The molecule has 0 radical (unpaired) electrons. The fourth-order valence-corrected chi connectivity index (χ4v) is 2.96. The maximum atomic E-state index is 12.4. The van der Waals surface area contributed by atoms with E-state index in [0.29, 0.717) is 17.9 Å². The highest BCUT2D eigenvalue weighted by atomic mass is 32.1. The van der Waals surface area contributed by atoms with E-state index in [2.05, 4.69) is 16.2 Å². The predicted molar refractivity (Wildman–Crippen MR) is 124 cm³/mol. The van der Waals surface area contributed by atoms with Gasteiger partial charge in [0.15, 0.2) is 5.11 Å². The van der Waals surface area contributed by atoms with Crippen LogP contribution in [0.1, 0.15) is 21.5 Å². The predicted octanol–water partition coefficient (Wildman–Crippen LogP) is 3.19. The molecule has 0 aromatic heterocycles. The van der Waals surface area contributed by atoms with Crippen molar-refractivity contribution in [2.24, 2.45) is 0 Å². The Labute approximate surface area is 186 Å². The molecule has 0 fully saturated rings. The van der Waals surface area contributed by atoms with Crippen LogP contribution >= 0.6 is 12.2 Å². The molecule has 0 saturated heterocycles. The van der Waals surface area contributed by atoms with Gasteiger partial charge in [0, 0.05) is 12.0 Å². The van der Waals surface area contributed by atoms with Crippen molar-refractivity contribution in [2.75, 3.05) is 6.61 Å². The molecule has 3 rings (SSSR count). The van der Waals surface area contributed by atoms with E-state index in [1.54, 1.807) is 24.3 Å². The van der Waals surface area contributed by atoms with Gasteiger partial charge in [0.1, 0.15) is 5.75 Å². The Bertz CT molecular complexity index is 1030. The van der Waals surface area contributed by atoms with E-state index in [1.807, 2.05) is 60.7 Å². The number of benzene rings is 3. The summed E-state index contributed by atoms with van der Waals surface area (Å²) in [6.45, 7) is 0.502. The minimum atomic E-state index is -0.400. The van der Waals surface area contributed by atoms with Crippen LogP contribution in [0.15, 0.2) is 84.9 Å². The second-order valence-corrected chi connectivity index (χ2v) is 7.14. The Kier molecular flexibility index (Phi) is 8.13. The Balaban J connectivity index is 1.43. The number of hydrazine groups is 1. The normalized spacial score (nSPS) is 10.1. The van der Waals surface area contributed by atoms with Crippen LogP contribution in [0, 0.1) is 0 Å². The van der Waals surface area contributed by atoms with Gasteiger partial charge in [0.2, 0.25) is 5.91 Å². The molecule has 158 valence electrons. The zero-order valence-electron chi connectivity index (χ0n) is 16.8. The average Bonchev–Trinajstić information content (AvgIpc) is 2.79. The van der Waals surface area contributed by atoms with Crippen molar-refractivity contribution in [3.05, 3.63) is 102 Å². The van der Waals surface area contributed by atoms with Crippen molar-refractivity contribution in [3.63, 3.8) is 0 Å². The van der Waals surface area contributed by atoms with Gasteiger partial charge >= 0.3 is 0 Å². The number of ether oxygens (including phenoxy) is 1. The molecule has 0 spiro atoms. The highest BCUT2D eigenvalue weighted by Crippen LogP contribution is 2.14. The van der Waals surface area contributed by atoms with Crippen LogP contribution in [0.25, 0.3) is 0 Å². The summed E-state index contributed by atoms with van der Waals surface area (Å²) in [5.41, 5.74) is 7.47. The van der Waals surface area contributed by atoms with Crippen molar-refractivity contribution in [1.82, 2.24) is 16.2 Å². The first-order chi connectivity index (χ1) is 15.1. The SMILES string of the molecule is O=C(Cc1ccccc1)NNC(=S)NC(=O)c1cccc(OCCc2ccccc2)c1. The molecule has 0 unspecified atom stereocenters. The van der Waals surface area contributed by atoms with E-state index in [0.717, 1.165) is 12.0 Å². The quantitative estimate of drug-likeness (QED) is 0.394. The topological polar surface area (TPSA) is 79.5 Å². The standard InChI is InChI=1S/C24H23N3O3S/c28-22(16-19-10-5-2-6-11-19)26-27-24(31)25-23(29)20-12-7-13-21(17-20)30-15-14-18-8-3-1-4-9-18/h1-13,17H,14-16H2,(H,26,28)(H2,25,27,29,31). The van der Waals surface area contributed by atoms with Gasteiger partial charge in [-0.05, 0) is 41.5 Å². The van der Waals surface area contributed by atoms with Gasteiger partial charge in [-0.3, -0.25) is 25.8 Å².